The van der Waals surface area contributed by atoms with E-state index in [9.17, 15) is 9.90 Å². The lowest BCUT2D eigenvalue weighted by Crippen LogP contribution is -2.49. The zero-order chi connectivity index (χ0) is 17.8. The quantitative estimate of drug-likeness (QED) is 0.838. The number of aliphatic hydroxyl groups excluding tert-OH is 1. The molecule has 0 radical (unpaired) electrons. The molecule has 0 aliphatic carbocycles. The molecule has 3 rings (SSSR count). The second-order valence-electron chi connectivity index (χ2n) is 7.44. The maximum absolute atomic E-state index is 12.4. The van der Waals surface area contributed by atoms with Crippen LogP contribution in [0.15, 0.2) is 6.20 Å². The molecule has 1 aromatic heterocycles. The summed E-state index contributed by atoms with van der Waals surface area (Å²) in [6.07, 6.45) is 6.95. The van der Waals surface area contributed by atoms with Crippen molar-refractivity contribution in [3.63, 3.8) is 0 Å². The minimum absolute atomic E-state index is 0.0167. The van der Waals surface area contributed by atoms with Gasteiger partial charge in [0.1, 0.15) is 5.82 Å². The summed E-state index contributed by atoms with van der Waals surface area (Å²) in [6, 6.07) is 0.462. The first-order valence-electron chi connectivity index (χ1n) is 9.49. The fraction of sp³-hybridized carbons (Fsp3) is 0.778. The van der Waals surface area contributed by atoms with Crippen LogP contribution in [0.1, 0.15) is 44.1 Å². The summed E-state index contributed by atoms with van der Waals surface area (Å²) in [7, 11) is 2.05. The number of hydrogen-bond acceptors (Lipinski definition) is 4. The van der Waals surface area contributed by atoms with Gasteiger partial charge in [-0.15, -0.1) is 0 Å². The Hall–Kier alpha value is -1.60. The molecule has 2 amide bonds. The van der Waals surface area contributed by atoms with Gasteiger partial charge in [-0.2, -0.15) is 0 Å². The normalized spacial score (nSPS) is 19.8. The molecule has 1 aromatic rings. The van der Waals surface area contributed by atoms with Gasteiger partial charge in [0.05, 0.1) is 24.5 Å². The van der Waals surface area contributed by atoms with Gasteiger partial charge in [0.15, 0.2) is 0 Å². The van der Waals surface area contributed by atoms with Crippen molar-refractivity contribution in [3.05, 3.63) is 17.7 Å². The fourth-order valence-electron chi connectivity index (χ4n) is 3.97. The molecule has 7 nitrogen and oxygen atoms in total. The number of aromatic nitrogens is 2. The summed E-state index contributed by atoms with van der Waals surface area (Å²) < 4.78 is 2.25. The molecule has 0 spiro atoms. The van der Waals surface area contributed by atoms with Gasteiger partial charge in [-0.05, 0) is 39.7 Å². The standard InChI is InChI=1S/C18H31N5O2/c1-14(24)13-21(2)15-6-9-22(10-7-15)18(25)20-12-16-11-19-17-5-3-4-8-23(16)17/h11,14-15,24H,3-10,12-13H2,1-2H3,(H,20,25). The predicted octanol–water partition coefficient (Wildman–Crippen LogP) is 1.21. The molecule has 7 heteroatoms. The molecule has 2 aliphatic heterocycles. The molecule has 0 bridgehead atoms. The number of nitrogens with zero attached hydrogens (tertiary/aromatic N) is 4. The summed E-state index contributed by atoms with van der Waals surface area (Å²) in [5, 5.41) is 12.6. The number of likely N-dealkylation sites (N-methyl/N-ethyl adjacent to an activating group) is 1. The third-order valence-corrected chi connectivity index (χ3v) is 5.40. The van der Waals surface area contributed by atoms with Crippen molar-refractivity contribution in [1.82, 2.24) is 24.7 Å². The topological polar surface area (TPSA) is 73.6 Å². The van der Waals surface area contributed by atoms with Gasteiger partial charge in [0.2, 0.25) is 0 Å². The van der Waals surface area contributed by atoms with E-state index >= 15 is 0 Å². The number of likely N-dealkylation sites (tertiary alicyclic amines) is 1. The van der Waals surface area contributed by atoms with Gasteiger partial charge in [-0.25, -0.2) is 9.78 Å². The van der Waals surface area contributed by atoms with Crippen molar-refractivity contribution in [1.29, 1.82) is 0 Å². The van der Waals surface area contributed by atoms with Gasteiger partial charge in [-0.3, -0.25) is 0 Å². The molecule has 1 atom stereocenters. The van der Waals surface area contributed by atoms with Crippen LogP contribution in [0.3, 0.4) is 0 Å². The van der Waals surface area contributed by atoms with Crippen LogP contribution in [0.2, 0.25) is 0 Å². The van der Waals surface area contributed by atoms with Gasteiger partial charge >= 0.3 is 6.03 Å². The molecule has 3 heterocycles. The predicted molar refractivity (Wildman–Crippen MR) is 96.3 cm³/mol. The highest BCUT2D eigenvalue weighted by Crippen LogP contribution is 2.17. The Morgan fingerprint density at radius 3 is 2.88 bits per heavy atom. The third-order valence-electron chi connectivity index (χ3n) is 5.40. The van der Waals surface area contributed by atoms with Crippen LogP contribution in [0, 0.1) is 0 Å². The Labute approximate surface area is 150 Å². The van der Waals surface area contributed by atoms with Crippen LogP contribution in [-0.4, -0.2) is 69.3 Å². The first kappa shape index (κ1) is 18.2. The summed E-state index contributed by atoms with van der Waals surface area (Å²) >= 11 is 0. The monoisotopic (exact) mass is 349 g/mol. The average Bonchev–Trinajstić information content (AvgIpc) is 3.02. The Morgan fingerprint density at radius 2 is 2.16 bits per heavy atom. The van der Waals surface area contributed by atoms with E-state index in [2.05, 4.69) is 26.8 Å². The summed E-state index contributed by atoms with van der Waals surface area (Å²) in [4.78, 5) is 21.0. The lowest BCUT2D eigenvalue weighted by molar-refractivity contribution is 0.0874. The molecule has 1 saturated heterocycles. The van der Waals surface area contributed by atoms with Crippen molar-refractivity contribution in [2.24, 2.45) is 0 Å². The largest absolute Gasteiger partial charge is 0.392 e. The van der Waals surface area contributed by atoms with Crippen molar-refractivity contribution in [3.8, 4) is 0 Å². The van der Waals surface area contributed by atoms with Gasteiger partial charge < -0.3 is 24.8 Å². The van der Waals surface area contributed by atoms with E-state index in [4.69, 9.17) is 0 Å². The average molecular weight is 349 g/mol. The molecular weight excluding hydrogens is 318 g/mol. The molecule has 140 valence electrons. The highest BCUT2D eigenvalue weighted by molar-refractivity contribution is 5.74. The van der Waals surface area contributed by atoms with E-state index in [1.165, 1.54) is 12.8 Å². The zero-order valence-electron chi connectivity index (χ0n) is 15.4. The number of hydrogen-bond donors (Lipinski definition) is 2. The number of aliphatic hydroxyl groups is 1. The number of fused-ring (bicyclic) bond motifs is 1. The molecule has 2 aliphatic rings. The molecule has 2 N–H and O–H groups in total. The number of rotatable bonds is 5. The van der Waals surface area contributed by atoms with Crippen molar-refractivity contribution < 1.29 is 9.90 Å². The minimum Gasteiger partial charge on any atom is -0.392 e. The first-order chi connectivity index (χ1) is 12.0. The lowest BCUT2D eigenvalue weighted by Gasteiger charge is -2.37. The maximum Gasteiger partial charge on any atom is 0.317 e. The number of urea groups is 1. The third kappa shape index (κ3) is 4.52. The first-order valence-corrected chi connectivity index (χ1v) is 9.49. The highest BCUT2D eigenvalue weighted by Gasteiger charge is 2.25. The van der Waals surface area contributed by atoms with Crippen LogP contribution in [0.5, 0.6) is 0 Å². The van der Waals surface area contributed by atoms with Crippen molar-refractivity contribution >= 4 is 6.03 Å². The van der Waals surface area contributed by atoms with E-state index in [1.807, 2.05) is 18.0 Å². The Morgan fingerprint density at radius 1 is 1.40 bits per heavy atom. The SMILES string of the molecule is CC(O)CN(C)C1CCN(C(=O)NCc2cnc3n2CCCC3)CC1. The second kappa shape index (κ2) is 8.19. The number of amides is 2. The molecular formula is C18H31N5O2. The minimum atomic E-state index is -0.312. The maximum atomic E-state index is 12.4. The van der Waals surface area contributed by atoms with Crippen LogP contribution in [0.4, 0.5) is 4.79 Å². The number of piperidine rings is 1. The van der Waals surface area contributed by atoms with Gasteiger partial charge in [0.25, 0.3) is 0 Å². The van der Waals surface area contributed by atoms with Crippen molar-refractivity contribution in [2.75, 3.05) is 26.7 Å². The number of carbonyl (C=O) groups excluding carboxylic acids is 1. The van der Waals surface area contributed by atoms with Crippen LogP contribution < -0.4 is 5.32 Å². The molecule has 0 saturated carbocycles. The zero-order valence-corrected chi connectivity index (χ0v) is 15.4. The highest BCUT2D eigenvalue weighted by atomic mass is 16.3. The van der Waals surface area contributed by atoms with Gasteiger partial charge in [0, 0.05) is 38.6 Å². The molecule has 1 unspecified atom stereocenters. The number of nitrogens with one attached hydrogen (secondary N) is 1. The Balaban J connectivity index is 1.45. The van der Waals surface area contributed by atoms with Crippen molar-refractivity contribution in [2.45, 2.75) is 64.3 Å². The number of imidazole rings is 1. The second-order valence-corrected chi connectivity index (χ2v) is 7.44. The lowest BCUT2D eigenvalue weighted by atomic mass is 10.0. The number of carbonyl (C=O) groups is 1. The van der Waals surface area contributed by atoms with E-state index in [0.717, 1.165) is 50.4 Å². The van der Waals surface area contributed by atoms with Crippen LogP contribution >= 0.6 is 0 Å². The fourth-order valence-corrected chi connectivity index (χ4v) is 3.97. The summed E-state index contributed by atoms with van der Waals surface area (Å²) in [5.41, 5.74) is 1.11. The van der Waals surface area contributed by atoms with Crippen LogP contribution in [-0.2, 0) is 19.5 Å². The van der Waals surface area contributed by atoms with E-state index in [-0.39, 0.29) is 12.1 Å². The number of aryl methyl sites for hydroxylation is 1. The molecule has 1 fully saturated rings. The Kier molecular flexibility index (Phi) is 5.96. The summed E-state index contributed by atoms with van der Waals surface area (Å²) in [5.74, 6) is 1.15. The summed E-state index contributed by atoms with van der Waals surface area (Å²) in [6.45, 7) is 5.60. The van der Waals surface area contributed by atoms with Gasteiger partial charge in [-0.1, -0.05) is 0 Å². The molecule has 0 aromatic carbocycles. The smallest absolute Gasteiger partial charge is 0.317 e. The van der Waals surface area contributed by atoms with Crippen LogP contribution in [0.25, 0.3) is 0 Å². The Bertz CT molecular complexity index is 578. The van der Waals surface area contributed by atoms with E-state index in [1.54, 1.807) is 0 Å². The molecule has 25 heavy (non-hydrogen) atoms. The van der Waals surface area contributed by atoms with E-state index < -0.39 is 0 Å². The van der Waals surface area contributed by atoms with E-state index in [0.29, 0.717) is 19.1 Å².